The van der Waals surface area contributed by atoms with E-state index in [9.17, 15) is 0 Å². The molecule has 1 saturated heterocycles. The lowest BCUT2D eigenvalue weighted by Crippen LogP contribution is -2.18. The summed E-state index contributed by atoms with van der Waals surface area (Å²) in [6, 6.07) is 18.9. The highest BCUT2D eigenvalue weighted by Crippen LogP contribution is 2.27. The van der Waals surface area contributed by atoms with Crippen molar-refractivity contribution in [1.29, 1.82) is 0 Å². The number of rotatable bonds is 4. The van der Waals surface area contributed by atoms with Crippen molar-refractivity contribution in [3.05, 3.63) is 54.6 Å². The van der Waals surface area contributed by atoms with Gasteiger partial charge < -0.3 is 10.1 Å². The van der Waals surface area contributed by atoms with Gasteiger partial charge in [0.25, 0.3) is 0 Å². The van der Waals surface area contributed by atoms with E-state index in [2.05, 4.69) is 53.8 Å². The van der Waals surface area contributed by atoms with Gasteiger partial charge in [0.05, 0.1) is 6.10 Å². The van der Waals surface area contributed by atoms with Gasteiger partial charge in [-0.3, -0.25) is 0 Å². The Bertz CT molecular complexity index is 518. The molecule has 1 fully saturated rings. The van der Waals surface area contributed by atoms with E-state index in [0.717, 1.165) is 13.2 Å². The molecule has 0 spiro atoms. The normalized spacial score (nSPS) is 18.4. The number of benzene rings is 2. The molecular weight excluding hydrogens is 234 g/mol. The van der Waals surface area contributed by atoms with Crippen LogP contribution in [0.4, 0.5) is 5.69 Å². The first kappa shape index (κ1) is 12.2. The van der Waals surface area contributed by atoms with Crippen molar-refractivity contribution in [3.63, 3.8) is 0 Å². The maximum atomic E-state index is 5.66. The predicted octanol–water partition coefficient (Wildman–Crippen LogP) is 3.94. The summed E-state index contributed by atoms with van der Waals surface area (Å²) in [5, 5.41) is 3.53. The van der Waals surface area contributed by atoms with Crippen molar-refractivity contribution < 1.29 is 4.74 Å². The van der Waals surface area contributed by atoms with Crippen molar-refractivity contribution in [2.45, 2.75) is 18.9 Å². The third-order valence-corrected chi connectivity index (χ3v) is 3.56. The summed E-state index contributed by atoms with van der Waals surface area (Å²) < 4.78 is 5.66. The maximum Gasteiger partial charge on any atom is 0.0748 e. The molecule has 1 aliphatic heterocycles. The van der Waals surface area contributed by atoms with Crippen LogP contribution in [0.25, 0.3) is 11.1 Å². The summed E-state index contributed by atoms with van der Waals surface area (Å²) in [4.78, 5) is 0. The van der Waals surface area contributed by atoms with Crippen LogP contribution >= 0.6 is 0 Å². The Labute approximate surface area is 114 Å². The van der Waals surface area contributed by atoms with E-state index in [0.29, 0.717) is 6.10 Å². The molecule has 1 unspecified atom stereocenters. The van der Waals surface area contributed by atoms with Crippen molar-refractivity contribution in [3.8, 4) is 11.1 Å². The van der Waals surface area contributed by atoms with E-state index in [4.69, 9.17) is 4.74 Å². The van der Waals surface area contributed by atoms with Crippen LogP contribution in [0, 0.1) is 0 Å². The fourth-order valence-electron chi connectivity index (χ4n) is 2.54. The number of hydrogen-bond acceptors (Lipinski definition) is 2. The Kier molecular flexibility index (Phi) is 3.80. The molecule has 1 atom stereocenters. The molecule has 1 aliphatic rings. The SMILES string of the molecule is c1ccc(-c2ccccc2NCC2CCCO2)cc1. The zero-order chi connectivity index (χ0) is 12.9. The zero-order valence-electron chi connectivity index (χ0n) is 11.0. The zero-order valence-corrected chi connectivity index (χ0v) is 11.0. The van der Waals surface area contributed by atoms with Gasteiger partial charge in [-0.1, -0.05) is 48.5 Å². The summed E-state index contributed by atoms with van der Waals surface area (Å²) in [7, 11) is 0. The van der Waals surface area contributed by atoms with Gasteiger partial charge in [-0.25, -0.2) is 0 Å². The molecule has 2 aromatic carbocycles. The second-order valence-electron chi connectivity index (χ2n) is 4.93. The molecule has 1 N–H and O–H groups in total. The molecule has 0 saturated carbocycles. The van der Waals surface area contributed by atoms with E-state index < -0.39 is 0 Å². The smallest absolute Gasteiger partial charge is 0.0748 e. The van der Waals surface area contributed by atoms with E-state index >= 15 is 0 Å². The first-order valence-corrected chi connectivity index (χ1v) is 6.93. The molecule has 98 valence electrons. The second kappa shape index (κ2) is 5.89. The average molecular weight is 253 g/mol. The van der Waals surface area contributed by atoms with Crippen LogP contribution in [0.15, 0.2) is 54.6 Å². The first-order valence-electron chi connectivity index (χ1n) is 6.93. The number of para-hydroxylation sites is 1. The predicted molar refractivity (Wildman–Crippen MR) is 79.3 cm³/mol. The molecule has 0 bridgehead atoms. The number of hydrogen-bond donors (Lipinski definition) is 1. The lowest BCUT2D eigenvalue weighted by atomic mass is 10.0. The fraction of sp³-hybridized carbons (Fsp3) is 0.294. The molecule has 2 aromatic rings. The summed E-state index contributed by atoms with van der Waals surface area (Å²) in [6.45, 7) is 1.80. The van der Waals surface area contributed by atoms with E-state index in [1.165, 1.54) is 29.7 Å². The van der Waals surface area contributed by atoms with E-state index in [1.807, 2.05) is 6.07 Å². The Hall–Kier alpha value is -1.80. The highest BCUT2D eigenvalue weighted by atomic mass is 16.5. The molecule has 0 radical (unpaired) electrons. The minimum atomic E-state index is 0.365. The van der Waals surface area contributed by atoms with Crippen molar-refractivity contribution in [2.24, 2.45) is 0 Å². The highest BCUT2D eigenvalue weighted by Gasteiger charge is 2.15. The molecule has 3 rings (SSSR count). The minimum absolute atomic E-state index is 0.365. The lowest BCUT2D eigenvalue weighted by Gasteiger charge is -2.15. The van der Waals surface area contributed by atoms with E-state index in [-0.39, 0.29) is 0 Å². The summed E-state index contributed by atoms with van der Waals surface area (Å²) in [5.74, 6) is 0. The molecule has 0 amide bonds. The Morgan fingerprint density at radius 3 is 2.58 bits per heavy atom. The van der Waals surface area contributed by atoms with Crippen molar-refractivity contribution in [2.75, 3.05) is 18.5 Å². The minimum Gasteiger partial charge on any atom is -0.382 e. The largest absolute Gasteiger partial charge is 0.382 e. The van der Waals surface area contributed by atoms with Gasteiger partial charge in [0, 0.05) is 24.4 Å². The first-order chi connectivity index (χ1) is 9.43. The molecular formula is C17H19NO. The third-order valence-electron chi connectivity index (χ3n) is 3.56. The van der Waals surface area contributed by atoms with Crippen LogP contribution in [0.2, 0.25) is 0 Å². The molecule has 1 heterocycles. The van der Waals surface area contributed by atoms with Crippen LogP contribution in [-0.2, 0) is 4.74 Å². The fourth-order valence-corrected chi connectivity index (χ4v) is 2.54. The average Bonchev–Trinajstić information content (AvgIpc) is 3.00. The van der Waals surface area contributed by atoms with Crippen LogP contribution in [0.5, 0.6) is 0 Å². The molecule has 2 nitrogen and oxygen atoms in total. The molecule has 0 aliphatic carbocycles. The Balaban J connectivity index is 1.77. The van der Waals surface area contributed by atoms with Crippen molar-refractivity contribution in [1.82, 2.24) is 0 Å². The van der Waals surface area contributed by atoms with Gasteiger partial charge in [-0.05, 0) is 24.5 Å². The summed E-state index contributed by atoms with van der Waals surface area (Å²) >= 11 is 0. The van der Waals surface area contributed by atoms with Crippen LogP contribution in [-0.4, -0.2) is 19.3 Å². The lowest BCUT2D eigenvalue weighted by molar-refractivity contribution is 0.120. The molecule has 2 heteroatoms. The van der Waals surface area contributed by atoms with Crippen LogP contribution < -0.4 is 5.32 Å². The monoisotopic (exact) mass is 253 g/mol. The van der Waals surface area contributed by atoms with Gasteiger partial charge in [-0.15, -0.1) is 0 Å². The summed E-state index contributed by atoms with van der Waals surface area (Å²) in [5.41, 5.74) is 3.68. The third kappa shape index (κ3) is 2.96. The van der Waals surface area contributed by atoms with Gasteiger partial charge in [-0.2, -0.15) is 0 Å². The standard InChI is InChI=1S/C17H19NO/c1-2-7-14(8-3-1)16-10-4-5-11-17(16)18-13-15-9-6-12-19-15/h1-5,7-8,10-11,15,18H,6,9,12-13H2. The maximum absolute atomic E-state index is 5.66. The molecule has 19 heavy (non-hydrogen) atoms. The van der Waals surface area contributed by atoms with E-state index in [1.54, 1.807) is 0 Å². The number of anilines is 1. The van der Waals surface area contributed by atoms with Gasteiger partial charge in [0.1, 0.15) is 0 Å². The quantitative estimate of drug-likeness (QED) is 0.891. The number of nitrogens with one attached hydrogen (secondary N) is 1. The Morgan fingerprint density at radius 1 is 1.00 bits per heavy atom. The number of ether oxygens (including phenoxy) is 1. The van der Waals surface area contributed by atoms with Gasteiger partial charge >= 0.3 is 0 Å². The second-order valence-corrected chi connectivity index (χ2v) is 4.93. The van der Waals surface area contributed by atoms with Crippen LogP contribution in [0.3, 0.4) is 0 Å². The van der Waals surface area contributed by atoms with Crippen molar-refractivity contribution >= 4 is 5.69 Å². The summed E-state index contributed by atoms with van der Waals surface area (Å²) in [6.07, 6.45) is 2.72. The molecule has 0 aromatic heterocycles. The van der Waals surface area contributed by atoms with Gasteiger partial charge in [0.2, 0.25) is 0 Å². The topological polar surface area (TPSA) is 21.3 Å². The highest BCUT2D eigenvalue weighted by molar-refractivity contribution is 5.77. The van der Waals surface area contributed by atoms with Gasteiger partial charge in [0.15, 0.2) is 0 Å². The van der Waals surface area contributed by atoms with Crippen LogP contribution in [0.1, 0.15) is 12.8 Å². The Morgan fingerprint density at radius 2 is 1.79 bits per heavy atom.